The Hall–Kier alpha value is -1.39. The molecule has 4 heteroatoms. The Kier molecular flexibility index (Phi) is 2.82. The summed E-state index contributed by atoms with van der Waals surface area (Å²) >= 11 is 3.53. The molecule has 102 valence electrons. The lowest BCUT2D eigenvalue weighted by molar-refractivity contribution is 0.565. The number of benzene rings is 2. The lowest BCUT2D eigenvalue weighted by Gasteiger charge is -2.07. The van der Waals surface area contributed by atoms with Crippen LogP contribution in [0.15, 0.2) is 34.8 Å². The first-order chi connectivity index (χ1) is 9.70. The van der Waals surface area contributed by atoms with Gasteiger partial charge in [0.2, 0.25) is 0 Å². The zero-order valence-electron chi connectivity index (χ0n) is 11.3. The third-order valence-electron chi connectivity index (χ3n) is 4.16. The average Bonchev–Trinajstić information content (AvgIpc) is 3.03. The van der Waals surface area contributed by atoms with E-state index in [-0.39, 0.29) is 0 Å². The third-order valence-corrected chi connectivity index (χ3v) is 4.65. The Balaban J connectivity index is 1.88. The van der Waals surface area contributed by atoms with Gasteiger partial charge in [0, 0.05) is 15.9 Å². The summed E-state index contributed by atoms with van der Waals surface area (Å²) < 4.78 is 1.11. The van der Waals surface area contributed by atoms with Gasteiger partial charge in [-0.2, -0.15) is 0 Å². The van der Waals surface area contributed by atoms with E-state index in [4.69, 9.17) is 4.98 Å². The number of aromatic amines is 1. The van der Waals surface area contributed by atoms with Crippen molar-refractivity contribution >= 4 is 37.7 Å². The van der Waals surface area contributed by atoms with Crippen molar-refractivity contribution in [3.8, 4) is 0 Å². The van der Waals surface area contributed by atoms with E-state index in [1.54, 1.807) is 0 Å². The highest BCUT2D eigenvalue weighted by Crippen LogP contribution is 2.30. The summed E-state index contributed by atoms with van der Waals surface area (Å²) in [5.41, 5.74) is 2.20. The summed E-state index contributed by atoms with van der Waals surface area (Å²) in [5, 5.41) is 6.05. The van der Waals surface area contributed by atoms with Crippen molar-refractivity contribution in [3.05, 3.63) is 40.6 Å². The molecular formula is C16H16BrN3. The van der Waals surface area contributed by atoms with Gasteiger partial charge in [0.25, 0.3) is 0 Å². The van der Waals surface area contributed by atoms with Crippen LogP contribution in [0.4, 0.5) is 0 Å². The lowest BCUT2D eigenvalue weighted by atomic mass is 10.1. The zero-order valence-corrected chi connectivity index (χ0v) is 12.9. The number of halogens is 1. The van der Waals surface area contributed by atoms with E-state index in [9.17, 15) is 0 Å². The number of H-pyrrole nitrogens is 1. The SMILES string of the molecule is C[C@H]1CC[C@@H](c2nc3ccc4cc(Br)ccc4c3[nH]2)N1. The summed E-state index contributed by atoms with van der Waals surface area (Å²) in [7, 11) is 0. The fourth-order valence-electron chi connectivity index (χ4n) is 3.11. The summed E-state index contributed by atoms with van der Waals surface area (Å²) in [4.78, 5) is 8.30. The van der Waals surface area contributed by atoms with Crippen LogP contribution in [0.1, 0.15) is 31.6 Å². The van der Waals surface area contributed by atoms with E-state index >= 15 is 0 Å². The average molecular weight is 330 g/mol. The van der Waals surface area contributed by atoms with Crippen LogP contribution in [0.3, 0.4) is 0 Å². The molecule has 2 heterocycles. The van der Waals surface area contributed by atoms with Crippen molar-refractivity contribution in [3.63, 3.8) is 0 Å². The normalized spacial score (nSPS) is 22.9. The quantitative estimate of drug-likeness (QED) is 0.699. The predicted octanol–water partition coefficient (Wildman–Crippen LogP) is 4.29. The Morgan fingerprint density at radius 3 is 2.90 bits per heavy atom. The minimum atomic E-state index is 0.364. The topological polar surface area (TPSA) is 40.7 Å². The maximum atomic E-state index is 4.77. The van der Waals surface area contributed by atoms with Crippen LogP contribution in [-0.2, 0) is 0 Å². The second-order valence-corrected chi connectivity index (χ2v) is 6.56. The highest BCUT2D eigenvalue weighted by Gasteiger charge is 2.24. The van der Waals surface area contributed by atoms with Crippen LogP contribution in [-0.4, -0.2) is 16.0 Å². The fraction of sp³-hybridized carbons (Fsp3) is 0.312. The molecule has 2 aromatic carbocycles. The Labute approximate surface area is 125 Å². The monoisotopic (exact) mass is 329 g/mol. The van der Waals surface area contributed by atoms with Crippen LogP contribution in [0.2, 0.25) is 0 Å². The number of fused-ring (bicyclic) bond motifs is 3. The Bertz CT molecular complexity index is 793. The van der Waals surface area contributed by atoms with E-state index in [0.29, 0.717) is 12.1 Å². The molecule has 0 radical (unpaired) electrons. The zero-order chi connectivity index (χ0) is 13.7. The van der Waals surface area contributed by atoms with E-state index in [1.165, 1.54) is 17.2 Å². The van der Waals surface area contributed by atoms with E-state index in [0.717, 1.165) is 27.8 Å². The van der Waals surface area contributed by atoms with Crippen molar-refractivity contribution in [2.24, 2.45) is 0 Å². The van der Waals surface area contributed by atoms with Crippen LogP contribution >= 0.6 is 15.9 Å². The van der Waals surface area contributed by atoms with E-state index in [1.807, 2.05) is 0 Å². The van der Waals surface area contributed by atoms with Crippen molar-refractivity contribution in [1.82, 2.24) is 15.3 Å². The van der Waals surface area contributed by atoms with E-state index < -0.39 is 0 Å². The maximum Gasteiger partial charge on any atom is 0.124 e. The van der Waals surface area contributed by atoms with Gasteiger partial charge >= 0.3 is 0 Å². The van der Waals surface area contributed by atoms with Gasteiger partial charge in [-0.3, -0.25) is 0 Å². The second-order valence-electron chi connectivity index (χ2n) is 5.64. The standard InChI is InChI=1S/C16H16BrN3/c1-9-2-6-14(18-9)16-19-13-7-3-10-8-11(17)4-5-12(10)15(13)20-16/h3-5,7-9,14,18H,2,6H2,1H3,(H,19,20)/t9-,14-/m0/s1. The molecule has 0 saturated carbocycles. The van der Waals surface area contributed by atoms with Crippen molar-refractivity contribution < 1.29 is 0 Å². The van der Waals surface area contributed by atoms with Gasteiger partial charge in [0.15, 0.2) is 0 Å². The van der Waals surface area contributed by atoms with Gasteiger partial charge < -0.3 is 10.3 Å². The van der Waals surface area contributed by atoms with Gasteiger partial charge in [-0.25, -0.2) is 4.98 Å². The van der Waals surface area contributed by atoms with E-state index in [2.05, 4.69) is 63.5 Å². The minimum Gasteiger partial charge on any atom is -0.340 e. The third kappa shape index (κ3) is 1.95. The van der Waals surface area contributed by atoms with Crippen molar-refractivity contribution in [2.75, 3.05) is 0 Å². The van der Waals surface area contributed by atoms with Gasteiger partial charge in [-0.05, 0) is 43.4 Å². The molecular weight excluding hydrogens is 314 g/mol. The Morgan fingerprint density at radius 1 is 1.20 bits per heavy atom. The molecule has 4 rings (SSSR count). The molecule has 1 saturated heterocycles. The van der Waals surface area contributed by atoms with Crippen LogP contribution in [0.5, 0.6) is 0 Å². The molecule has 20 heavy (non-hydrogen) atoms. The molecule has 1 aliphatic rings. The largest absolute Gasteiger partial charge is 0.340 e. The van der Waals surface area contributed by atoms with Crippen LogP contribution in [0, 0.1) is 0 Å². The molecule has 2 atom stereocenters. The number of nitrogens with one attached hydrogen (secondary N) is 2. The highest BCUT2D eigenvalue weighted by molar-refractivity contribution is 9.10. The Morgan fingerprint density at radius 2 is 2.10 bits per heavy atom. The van der Waals surface area contributed by atoms with Crippen molar-refractivity contribution in [2.45, 2.75) is 31.8 Å². The van der Waals surface area contributed by atoms with Crippen molar-refractivity contribution in [1.29, 1.82) is 0 Å². The second kappa shape index (κ2) is 4.57. The predicted molar refractivity (Wildman–Crippen MR) is 85.9 cm³/mol. The van der Waals surface area contributed by atoms with Gasteiger partial charge in [0.05, 0.1) is 17.1 Å². The molecule has 0 spiro atoms. The summed E-state index contributed by atoms with van der Waals surface area (Å²) in [6.45, 7) is 2.23. The molecule has 0 bridgehead atoms. The molecule has 0 unspecified atom stereocenters. The fourth-order valence-corrected chi connectivity index (χ4v) is 3.49. The molecule has 0 amide bonds. The first-order valence-corrected chi connectivity index (χ1v) is 7.84. The first-order valence-electron chi connectivity index (χ1n) is 7.04. The van der Waals surface area contributed by atoms with Crippen LogP contribution < -0.4 is 5.32 Å². The molecule has 3 nitrogen and oxygen atoms in total. The molecule has 3 aromatic rings. The number of hydrogen-bond acceptors (Lipinski definition) is 2. The number of nitrogens with zero attached hydrogens (tertiary/aromatic N) is 1. The first kappa shape index (κ1) is 12.4. The molecule has 1 fully saturated rings. The number of hydrogen-bond donors (Lipinski definition) is 2. The number of aromatic nitrogens is 2. The smallest absolute Gasteiger partial charge is 0.124 e. The number of imidazole rings is 1. The minimum absolute atomic E-state index is 0.364. The van der Waals surface area contributed by atoms with Gasteiger partial charge in [0.1, 0.15) is 5.82 Å². The molecule has 2 N–H and O–H groups in total. The van der Waals surface area contributed by atoms with Crippen LogP contribution in [0.25, 0.3) is 21.8 Å². The van der Waals surface area contributed by atoms with Gasteiger partial charge in [-0.1, -0.05) is 28.1 Å². The molecule has 1 aromatic heterocycles. The maximum absolute atomic E-state index is 4.77. The summed E-state index contributed by atoms with van der Waals surface area (Å²) in [5.74, 6) is 1.07. The van der Waals surface area contributed by atoms with Gasteiger partial charge in [-0.15, -0.1) is 0 Å². The molecule has 1 aliphatic heterocycles. The number of rotatable bonds is 1. The molecule has 0 aliphatic carbocycles. The lowest BCUT2D eigenvalue weighted by Crippen LogP contribution is -2.21. The summed E-state index contributed by atoms with van der Waals surface area (Å²) in [6, 6.07) is 11.6. The highest BCUT2D eigenvalue weighted by atomic mass is 79.9. The summed E-state index contributed by atoms with van der Waals surface area (Å²) in [6.07, 6.45) is 2.37.